The predicted molar refractivity (Wildman–Crippen MR) is 257 cm³/mol. The lowest BCUT2D eigenvalue weighted by atomic mass is 9.69. The second-order valence-corrected chi connectivity index (χ2v) is 19.6. The number of rotatable bonds is 24. The Hall–Kier alpha value is -3.25. The molecular formula is C54H82O4S. The SMILES string of the molecule is CC=C1/C(=C\C)C(OC)C(C/C=C(\C)CC/C=C(\C)CC(/C=C(\C)CC/C=C(\C)CC/C=C(\C)CC/C=C(\C)CCC=C(C)C)S(=O)(=O)c2ccccc2)C(C)C1OC. The lowest BCUT2D eigenvalue weighted by molar-refractivity contribution is -0.0155. The Morgan fingerprint density at radius 1 is 0.593 bits per heavy atom. The molecule has 0 saturated heterocycles. The van der Waals surface area contributed by atoms with Crippen molar-refractivity contribution >= 4 is 9.84 Å². The summed E-state index contributed by atoms with van der Waals surface area (Å²) in [5.74, 6) is 0.630. The summed E-state index contributed by atoms with van der Waals surface area (Å²) in [6, 6.07) is 8.94. The largest absolute Gasteiger partial charge is 0.376 e. The standard InChI is InChI=1S/C54H82O4S/c1-14-50-51(15-2)54(58-13)52(47(11)53(50)57-12)37-36-44(8)31-23-33-46(10)39-49(59(55,56)48-34-17-16-18-35-48)38-45(9)32-22-30-43(7)29-21-28-42(6)27-20-26-41(5)25-19-24-40(3)4/h14-18,24,26,28,30,33-36,38,47,49,52-54H,19-23,25,27,29,31-32,37,39H2,1-13H3/b41-26+,42-28+,43-30+,44-36+,45-38+,46-33+,50-14?,51-15+. The van der Waals surface area contributed by atoms with E-state index < -0.39 is 15.1 Å². The Labute approximate surface area is 363 Å². The fourth-order valence-corrected chi connectivity index (χ4v) is 10.1. The van der Waals surface area contributed by atoms with Crippen molar-refractivity contribution in [1.82, 2.24) is 0 Å². The fourth-order valence-electron chi connectivity index (χ4n) is 8.35. The molecule has 5 heteroatoms. The Morgan fingerprint density at radius 2 is 1.02 bits per heavy atom. The van der Waals surface area contributed by atoms with E-state index in [1.165, 1.54) is 39.0 Å². The third-order valence-electron chi connectivity index (χ3n) is 12.0. The van der Waals surface area contributed by atoms with Crippen LogP contribution in [0.2, 0.25) is 0 Å². The van der Waals surface area contributed by atoms with Gasteiger partial charge in [-0.3, -0.25) is 0 Å². The highest BCUT2D eigenvalue weighted by atomic mass is 32.2. The molecule has 2 rings (SSSR count). The summed E-state index contributed by atoms with van der Waals surface area (Å²) in [5, 5.41) is -0.609. The Morgan fingerprint density at radius 3 is 1.47 bits per heavy atom. The van der Waals surface area contributed by atoms with Crippen molar-refractivity contribution < 1.29 is 17.9 Å². The summed E-state index contributed by atoms with van der Waals surface area (Å²) in [6.07, 6.45) is 32.1. The van der Waals surface area contributed by atoms with Crippen LogP contribution in [0.1, 0.15) is 153 Å². The van der Waals surface area contributed by atoms with Crippen LogP contribution >= 0.6 is 0 Å². The maximum atomic E-state index is 14.0. The summed E-state index contributed by atoms with van der Waals surface area (Å²) in [5.41, 5.74) is 11.8. The molecule has 5 unspecified atom stereocenters. The van der Waals surface area contributed by atoms with Crippen molar-refractivity contribution in [3.8, 4) is 0 Å². The van der Waals surface area contributed by atoms with Crippen molar-refractivity contribution in [2.24, 2.45) is 11.8 Å². The van der Waals surface area contributed by atoms with Gasteiger partial charge in [0.05, 0.1) is 22.4 Å². The van der Waals surface area contributed by atoms with Crippen LogP contribution in [-0.4, -0.2) is 40.1 Å². The van der Waals surface area contributed by atoms with E-state index in [0.717, 1.165) is 81.8 Å². The van der Waals surface area contributed by atoms with Gasteiger partial charge in [-0.15, -0.1) is 0 Å². The van der Waals surface area contributed by atoms with Crippen molar-refractivity contribution in [2.75, 3.05) is 14.2 Å². The Kier molecular flexibility index (Phi) is 24.2. The first-order valence-corrected chi connectivity index (χ1v) is 23.9. The number of allylic oxidation sites excluding steroid dienone is 15. The molecule has 5 atom stereocenters. The van der Waals surface area contributed by atoms with E-state index in [9.17, 15) is 8.42 Å². The quantitative estimate of drug-likeness (QED) is 0.0974. The fraction of sp³-hybridized carbons (Fsp3) is 0.556. The molecule has 328 valence electrons. The maximum Gasteiger partial charge on any atom is 0.185 e. The lowest BCUT2D eigenvalue weighted by Crippen LogP contribution is -2.44. The molecule has 0 heterocycles. The molecule has 0 radical (unpaired) electrons. The molecule has 1 fully saturated rings. The van der Waals surface area contributed by atoms with Gasteiger partial charge in [0.1, 0.15) is 0 Å². The van der Waals surface area contributed by atoms with Gasteiger partial charge in [-0.25, -0.2) is 8.42 Å². The van der Waals surface area contributed by atoms with E-state index in [1.807, 2.05) is 38.5 Å². The molecule has 1 aromatic rings. The van der Waals surface area contributed by atoms with E-state index in [4.69, 9.17) is 9.47 Å². The molecular weight excluding hydrogens is 745 g/mol. The zero-order valence-electron chi connectivity index (χ0n) is 39.5. The summed E-state index contributed by atoms with van der Waals surface area (Å²) in [7, 11) is 0.0689. The first-order chi connectivity index (χ1) is 28.1. The first kappa shape index (κ1) is 51.9. The lowest BCUT2D eigenvalue weighted by Gasteiger charge is -2.43. The molecule has 1 aliphatic carbocycles. The smallest absolute Gasteiger partial charge is 0.185 e. The molecule has 0 bridgehead atoms. The molecule has 59 heavy (non-hydrogen) atoms. The van der Waals surface area contributed by atoms with Gasteiger partial charge in [0.15, 0.2) is 9.84 Å². The molecule has 1 saturated carbocycles. The molecule has 1 aromatic carbocycles. The van der Waals surface area contributed by atoms with E-state index in [2.05, 4.69) is 125 Å². The highest BCUT2D eigenvalue weighted by Crippen LogP contribution is 2.42. The monoisotopic (exact) mass is 827 g/mol. The number of sulfone groups is 1. The second kappa shape index (κ2) is 27.6. The molecule has 0 N–H and O–H groups in total. The van der Waals surface area contributed by atoms with Gasteiger partial charge in [-0.1, -0.05) is 119 Å². The average molecular weight is 827 g/mol. The maximum absolute atomic E-state index is 14.0. The number of ether oxygens (including phenoxy) is 2. The molecule has 1 aliphatic rings. The normalized spacial score (nSPS) is 22.3. The first-order valence-electron chi connectivity index (χ1n) is 22.3. The summed E-state index contributed by atoms with van der Waals surface area (Å²) in [6.45, 7) is 23.9. The van der Waals surface area contributed by atoms with Gasteiger partial charge >= 0.3 is 0 Å². The highest BCUT2D eigenvalue weighted by molar-refractivity contribution is 7.92. The van der Waals surface area contributed by atoms with Crippen LogP contribution in [0.3, 0.4) is 0 Å². The van der Waals surface area contributed by atoms with Crippen molar-refractivity contribution in [2.45, 2.75) is 176 Å². The predicted octanol–water partition coefficient (Wildman–Crippen LogP) is 15.3. The molecule has 0 aliphatic heterocycles. The van der Waals surface area contributed by atoms with Crippen molar-refractivity contribution in [3.05, 3.63) is 135 Å². The summed E-state index contributed by atoms with van der Waals surface area (Å²) < 4.78 is 40.1. The average Bonchev–Trinajstić information content (AvgIpc) is 3.19. The zero-order chi connectivity index (χ0) is 44.0. The van der Waals surface area contributed by atoms with E-state index in [0.29, 0.717) is 23.2 Å². The zero-order valence-corrected chi connectivity index (χ0v) is 40.3. The number of methoxy groups -OCH3 is 2. The van der Waals surface area contributed by atoms with Crippen LogP contribution in [-0.2, 0) is 19.3 Å². The third-order valence-corrected chi connectivity index (χ3v) is 14.1. The second-order valence-electron chi connectivity index (χ2n) is 17.4. The van der Waals surface area contributed by atoms with Crippen molar-refractivity contribution in [3.63, 3.8) is 0 Å². The van der Waals surface area contributed by atoms with Crippen LogP contribution in [0.4, 0.5) is 0 Å². The Bertz CT molecular complexity index is 1820. The van der Waals surface area contributed by atoms with Gasteiger partial charge in [0.25, 0.3) is 0 Å². The minimum Gasteiger partial charge on any atom is -0.376 e. The molecule has 0 amide bonds. The van der Waals surface area contributed by atoms with Crippen LogP contribution < -0.4 is 0 Å². The van der Waals surface area contributed by atoms with E-state index >= 15 is 0 Å². The number of benzene rings is 1. The molecule has 0 aromatic heterocycles. The Balaban J connectivity index is 2.04. The van der Waals surface area contributed by atoms with Gasteiger partial charge < -0.3 is 9.47 Å². The van der Waals surface area contributed by atoms with Crippen molar-refractivity contribution in [1.29, 1.82) is 0 Å². The van der Waals surface area contributed by atoms with Gasteiger partial charge in [-0.05, 0) is 181 Å². The van der Waals surface area contributed by atoms with Gasteiger partial charge in [0.2, 0.25) is 0 Å². The minimum absolute atomic E-state index is 0.0332. The molecule has 0 spiro atoms. The third kappa shape index (κ3) is 18.1. The minimum atomic E-state index is -3.55. The van der Waals surface area contributed by atoms with Crippen LogP contribution in [0, 0.1) is 11.8 Å². The number of hydrogen-bond donors (Lipinski definition) is 0. The van der Waals surface area contributed by atoms with E-state index in [-0.39, 0.29) is 12.2 Å². The van der Waals surface area contributed by atoms with Crippen LogP contribution in [0.25, 0.3) is 0 Å². The number of hydrogen-bond acceptors (Lipinski definition) is 4. The van der Waals surface area contributed by atoms with Crippen LogP contribution in [0.5, 0.6) is 0 Å². The molecule has 4 nitrogen and oxygen atoms in total. The summed E-state index contributed by atoms with van der Waals surface area (Å²) in [4.78, 5) is 0.384. The van der Waals surface area contributed by atoms with Crippen LogP contribution in [0.15, 0.2) is 140 Å². The topological polar surface area (TPSA) is 52.6 Å². The highest BCUT2D eigenvalue weighted by Gasteiger charge is 2.42. The van der Waals surface area contributed by atoms with E-state index in [1.54, 1.807) is 12.1 Å². The van der Waals surface area contributed by atoms with Gasteiger partial charge in [0, 0.05) is 14.2 Å². The summed E-state index contributed by atoms with van der Waals surface area (Å²) >= 11 is 0. The van der Waals surface area contributed by atoms with Gasteiger partial charge in [-0.2, -0.15) is 0 Å².